The summed E-state index contributed by atoms with van der Waals surface area (Å²) in [6.07, 6.45) is 0.297. The highest BCUT2D eigenvalue weighted by Gasteiger charge is 2.13. The van der Waals surface area contributed by atoms with E-state index in [2.05, 4.69) is 15.8 Å². The van der Waals surface area contributed by atoms with E-state index in [1.807, 2.05) is 18.2 Å². The van der Waals surface area contributed by atoms with Gasteiger partial charge in [-0.1, -0.05) is 6.07 Å². The molecule has 0 saturated heterocycles. The van der Waals surface area contributed by atoms with Gasteiger partial charge in [-0.05, 0) is 17.7 Å². The number of hydrogen-bond acceptors (Lipinski definition) is 6. The van der Waals surface area contributed by atoms with Gasteiger partial charge < -0.3 is 14.9 Å². The maximum atomic E-state index is 5.57. The zero-order valence-corrected chi connectivity index (χ0v) is 9.86. The Kier molecular flexibility index (Phi) is 3.46. The first-order valence-corrected chi connectivity index (χ1v) is 5.27. The third kappa shape index (κ3) is 2.66. The molecular formula is C11H16N4O2. The van der Waals surface area contributed by atoms with E-state index in [1.54, 1.807) is 14.2 Å². The zero-order valence-electron chi connectivity index (χ0n) is 9.86. The second-order valence-corrected chi connectivity index (χ2v) is 3.66. The van der Waals surface area contributed by atoms with Gasteiger partial charge in [0.15, 0.2) is 17.8 Å². The number of ether oxygens (including phenoxy) is 2. The van der Waals surface area contributed by atoms with Crippen molar-refractivity contribution < 1.29 is 9.47 Å². The number of methoxy groups -OCH3 is 2. The number of hydrogen-bond donors (Lipinski definition) is 3. The van der Waals surface area contributed by atoms with Crippen molar-refractivity contribution in [2.24, 2.45) is 10.7 Å². The highest BCUT2D eigenvalue weighted by molar-refractivity contribution is 5.85. The molecule has 0 aliphatic carbocycles. The fraction of sp³-hybridized carbons (Fsp3) is 0.364. The van der Waals surface area contributed by atoms with Gasteiger partial charge in [-0.2, -0.15) is 5.43 Å². The molecule has 1 atom stereocenters. The minimum absolute atomic E-state index is 0.370. The standard InChI is InChI=1S/C11H16N4O2/c1-16-8-4-3-7(5-9(8)17-2)6-10-13-11(12)15-14-10/h3-5,11,15H,6,12H2,1-2H3,(H,13,14). The molecule has 0 radical (unpaired) electrons. The van der Waals surface area contributed by atoms with Gasteiger partial charge in [-0.15, -0.1) is 0 Å². The minimum atomic E-state index is -0.370. The van der Waals surface area contributed by atoms with Crippen LogP contribution < -0.4 is 26.1 Å². The quantitative estimate of drug-likeness (QED) is 0.685. The fourth-order valence-corrected chi connectivity index (χ4v) is 1.66. The molecule has 0 saturated carbocycles. The van der Waals surface area contributed by atoms with Crippen molar-refractivity contribution >= 4 is 5.84 Å². The van der Waals surface area contributed by atoms with Crippen molar-refractivity contribution in [1.82, 2.24) is 10.9 Å². The van der Waals surface area contributed by atoms with E-state index in [1.165, 1.54) is 0 Å². The first kappa shape index (κ1) is 11.7. The van der Waals surface area contributed by atoms with Crippen LogP contribution in [-0.4, -0.2) is 26.3 Å². The van der Waals surface area contributed by atoms with Crippen LogP contribution in [0, 0.1) is 0 Å². The van der Waals surface area contributed by atoms with E-state index in [0.29, 0.717) is 17.9 Å². The largest absolute Gasteiger partial charge is 0.493 e. The lowest BCUT2D eigenvalue weighted by Crippen LogP contribution is -2.39. The molecule has 0 amide bonds. The number of benzene rings is 1. The smallest absolute Gasteiger partial charge is 0.169 e. The molecule has 1 aliphatic rings. The van der Waals surface area contributed by atoms with Gasteiger partial charge in [-0.3, -0.25) is 5.73 Å². The number of aliphatic imine (C=N–C) groups is 1. The molecule has 17 heavy (non-hydrogen) atoms. The lowest BCUT2D eigenvalue weighted by atomic mass is 10.1. The highest BCUT2D eigenvalue weighted by atomic mass is 16.5. The van der Waals surface area contributed by atoms with Gasteiger partial charge in [0.25, 0.3) is 0 Å². The predicted molar refractivity (Wildman–Crippen MR) is 64.9 cm³/mol. The van der Waals surface area contributed by atoms with Crippen molar-refractivity contribution in [3.63, 3.8) is 0 Å². The third-order valence-electron chi connectivity index (χ3n) is 2.48. The van der Waals surface area contributed by atoms with Crippen LogP contribution in [0.5, 0.6) is 11.5 Å². The summed E-state index contributed by atoms with van der Waals surface area (Å²) < 4.78 is 10.4. The van der Waals surface area contributed by atoms with Crippen molar-refractivity contribution in [3.05, 3.63) is 23.8 Å². The second-order valence-electron chi connectivity index (χ2n) is 3.66. The molecule has 1 heterocycles. The minimum Gasteiger partial charge on any atom is -0.493 e. The summed E-state index contributed by atoms with van der Waals surface area (Å²) in [5.74, 6) is 2.23. The van der Waals surface area contributed by atoms with Crippen LogP contribution in [-0.2, 0) is 6.42 Å². The summed E-state index contributed by atoms with van der Waals surface area (Å²) in [6.45, 7) is 0. The van der Waals surface area contributed by atoms with E-state index >= 15 is 0 Å². The van der Waals surface area contributed by atoms with Gasteiger partial charge in [0.05, 0.1) is 14.2 Å². The molecule has 0 aromatic heterocycles. The SMILES string of the molecule is COc1ccc(CC2=NC(N)NN2)cc1OC. The maximum absolute atomic E-state index is 5.57. The summed E-state index contributed by atoms with van der Waals surface area (Å²) in [5, 5.41) is 0. The average molecular weight is 236 g/mol. The van der Waals surface area contributed by atoms with Crippen molar-refractivity contribution in [2.45, 2.75) is 12.7 Å². The first-order chi connectivity index (χ1) is 8.22. The van der Waals surface area contributed by atoms with Crippen LogP contribution in [0.3, 0.4) is 0 Å². The molecule has 1 aliphatic heterocycles. The number of nitrogens with one attached hydrogen (secondary N) is 2. The Morgan fingerprint density at radius 2 is 2.06 bits per heavy atom. The molecule has 6 heteroatoms. The Bertz CT molecular complexity index is 433. The lowest BCUT2D eigenvalue weighted by molar-refractivity contribution is 0.354. The highest BCUT2D eigenvalue weighted by Crippen LogP contribution is 2.27. The Labute approximate surface area is 99.8 Å². The molecular weight excluding hydrogens is 220 g/mol. The molecule has 0 bridgehead atoms. The molecule has 92 valence electrons. The Morgan fingerprint density at radius 3 is 2.65 bits per heavy atom. The van der Waals surface area contributed by atoms with E-state index in [0.717, 1.165) is 11.4 Å². The normalized spacial score (nSPS) is 18.5. The molecule has 0 spiro atoms. The van der Waals surface area contributed by atoms with E-state index in [4.69, 9.17) is 15.2 Å². The summed E-state index contributed by atoms with van der Waals surface area (Å²) in [5.41, 5.74) is 12.4. The van der Waals surface area contributed by atoms with E-state index in [-0.39, 0.29) is 6.29 Å². The Hall–Kier alpha value is -1.79. The van der Waals surface area contributed by atoms with E-state index < -0.39 is 0 Å². The molecule has 1 aromatic rings. The number of nitrogens with two attached hydrogens (primary N) is 1. The van der Waals surface area contributed by atoms with Gasteiger partial charge >= 0.3 is 0 Å². The summed E-state index contributed by atoms with van der Waals surface area (Å²) in [6, 6.07) is 5.76. The fourth-order valence-electron chi connectivity index (χ4n) is 1.66. The number of nitrogens with zero attached hydrogens (tertiary/aromatic N) is 1. The van der Waals surface area contributed by atoms with Crippen LogP contribution in [0.25, 0.3) is 0 Å². The first-order valence-electron chi connectivity index (χ1n) is 5.27. The van der Waals surface area contributed by atoms with Gasteiger partial charge in [0.1, 0.15) is 5.84 Å². The average Bonchev–Trinajstić information content (AvgIpc) is 2.74. The molecule has 6 nitrogen and oxygen atoms in total. The summed E-state index contributed by atoms with van der Waals surface area (Å²) in [7, 11) is 3.23. The van der Waals surface area contributed by atoms with Crippen LogP contribution in [0.4, 0.5) is 0 Å². The molecule has 2 rings (SSSR count). The second kappa shape index (κ2) is 5.03. The van der Waals surface area contributed by atoms with Crippen molar-refractivity contribution in [1.29, 1.82) is 0 Å². The van der Waals surface area contributed by atoms with E-state index in [9.17, 15) is 0 Å². The van der Waals surface area contributed by atoms with Crippen LogP contribution in [0.2, 0.25) is 0 Å². The number of rotatable bonds is 4. The monoisotopic (exact) mass is 236 g/mol. The zero-order chi connectivity index (χ0) is 12.3. The molecule has 1 unspecified atom stereocenters. The van der Waals surface area contributed by atoms with Crippen molar-refractivity contribution in [3.8, 4) is 11.5 Å². The lowest BCUT2D eigenvalue weighted by Gasteiger charge is -2.09. The number of hydrazine groups is 1. The molecule has 1 aromatic carbocycles. The molecule has 4 N–H and O–H groups in total. The summed E-state index contributed by atoms with van der Waals surface area (Å²) >= 11 is 0. The van der Waals surface area contributed by atoms with Crippen LogP contribution in [0.15, 0.2) is 23.2 Å². The number of amidine groups is 1. The Morgan fingerprint density at radius 1 is 1.29 bits per heavy atom. The van der Waals surface area contributed by atoms with Gasteiger partial charge in [0, 0.05) is 6.42 Å². The topological polar surface area (TPSA) is 80.9 Å². The molecule has 0 fully saturated rings. The van der Waals surface area contributed by atoms with Crippen molar-refractivity contribution in [2.75, 3.05) is 14.2 Å². The van der Waals surface area contributed by atoms with Crippen LogP contribution >= 0.6 is 0 Å². The van der Waals surface area contributed by atoms with Gasteiger partial charge in [-0.25, -0.2) is 4.99 Å². The maximum Gasteiger partial charge on any atom is 0.169 e. The van der Waals surface area contributed by atoms with Crippen LogP contribution in [0.1, 0.15) is 5.56 Å². The Balaban J connectivity index is 2.14. The summed E-state index contributed by atoms with van der Waals surface area (Å²) in [4.78, 5) is 4.18. The van der Waals surface area contributed by atoms with Gasteiger partial charge in [0.2, 0.25) is 0 Å². The predicted octanol–water partition coefficient (Wildman–Crippen LogP) is -0.00510. The third-order valence-corrected chi connectivity index (χ3v) is 2.48.